The number of rotatable bonds is 7. The highest BCUT2D eigenvalue weighted by Crippen LogP contribution is 2.21. The lowest BCUT2D eigenvalue weighted by molar-refractivity contribution is 0.0949. The molecule has 158 valence electrons. The van der Waals surface area contributed by atoms with Crippen molar-refractivity contribution in [1.82, 2.24) is 14.9 Å². The Morgan fingerprint density at radius 1 is 0.968 bits per heavy atom. The molecule has 5 nitrogen and oxygen atoms in total. The standard InChI is InChI=1S/C26H27N3O2/c1-18-11-13-21(14-12-18)26(30)27-17-25-28-22-8-4-5-9-23(22)29(25)15-16-31-24-10-6-7-19(2)20(24)3/h4-14H,15-17H2,1-3H3,(H,27,30). The van der Waals surface area contributed by atoms with E-state index in [1.165, 1.54) is 5.56 Å². The number of benzene rings is 3. The second kappa shape index (κ2) is 9.04. The third-order valence-electron chi connectivity index (χ3n) is 5.58. The van der Waals surface area contributed by atoms with E-state index in [9.17, 15) is 4.79 Å². The summed E-state index contributed by atoms with van der Waals surface area (Å²) in [4.78, 5) is 17.3. The second-order valence-corrected chi connectivity index (χ2v) is 7.76. The van der Waals surface area contributed by atoms with Crippen molar-refractivity contribution < 1.29 is 9.53 Å². The highest BCUT2D eigenvalue weighted by molar-refractivity contribution is 5.94. The summed E-state index contributed by atoms with van der Waals surface area (Å²) in [5.74, 6) is 1.61. The lowest BCUT2D eigenvalue weighted by Gasteiger charge is -2.13. The van der Waals surface area contributed by atoms with Gasteiger partial charge >= 0.3 is 0 Å². The summed E-state index contributed by atoms with van der Waals surface area (Å²) >= 11 is 0. The third-order valence-corrected chi connectivity index (χ3v) is 5.58. The summed E-state index contributed by atoms with van der Waals surface area (Å²) in [6.07, 6.45) is 0. The fourth-order valence-electron chi connectivity index (χ4n) is 3.60. The van der Waals surface area contributed by atoms with Crippen LogP contribution in [-0.2, 0) is 13.1 Å². The molecule has 4 rings (SSSR count). The molecule has 31 heavy (non-hydrogen) atoms. The maximum absolute atomic E-state index is 12.6. The van der Waals surface area contributed by atoms with Crippen LogP contribution in [-0.4, -0.2) is 22.1 Å². The number of amides is 1. The lowest BCUT2D eigenvalue weighted by Crippen LogP contribution is -2.25. The van der Waals surface area contributed by atoms with Crippen molar-refractivity contribution in [2.75, 3.05) is 6.61 Å². The Bertz CT molecular complexity index is 1210. The van der Waals surface area contributed by atoms with Crippen molar-refractivity contribution in [2.24, 2.45) is 0 Å². The van der Waals surface area contributed by atoms with Gasteiger partial charge in [-0.25, -0.2) is 4.98 Å². The Hall–Kier alpha value is -3.60. The van der Waals surface area contributed by atoms with Gasteiger partial charge in [0, 0.05) is 5.56 Å². The minimum atomic E-state index is -0.106. The molecule has 0 saturated heterocycles. The predicted molar refractivity (Wildman–Crippen MR) is 123 cm³/mol. The fourth-order valence-corrected chi connectivity index (χ4v) is 3.60. The minimum absolute atomic E-state index is 0.106. The van der Waals surface area contributed by atoms with Gasteiger partial charge in [0.25, 0.3) is 5.91 Å². The molecule has 1 N–H and O–H groups in total. The third kappa shape index (κ3) is 4.61. The van der Waals surface area contributed by atoms with E-state index in [2.05, 4.69) is 29.8 Å². The summed E-state index contributed by atoms with van der Waals surface area (Å²) in [5.41, 5.74) is 6.09. The second-order valence-electron chi connectivity index (χ2n) is 7.76. The summed E-state index contributed by atoms with van der Waals surface area (Å²) in [6.45, 7) is 7.67. The minimum Gasteiger partial charge on any atom is -0.491 e. The topological polar surface area (TPSA) is 56.2 Å². The first-order valence-corrected chi connectivity index (χ1v) is 10.5. The number of carbonyl (C=O) groups is 1. The Balaban J connectivity index is 1.49. The molecule has 0 saturated carbocycles. The zero-order chi connectivity index (χ0) is 21.8. The Morgan fingerprint density at radius 2 is 1.74 bits per heavy atom. The van der Waals surface area contributed by atoms with E-state index in [-0.39, 0.29) is 5.91 Å². The number of carbonyl (C=O) groups excluding carboxylic acids is 1. The molecule has 0 radical (unpaired) electrons. The molecule has 4 aromatic rings. The van der Waals surface area contributed by atoms with Crippen LogP contribution in [0.25, 0.3) is 11.0 Å². The van der Waals surface area contributed by atoms with Crippen molar-refractivity contribution in [3.05, 3.63) is 94.8 Å². The van der Waals surface area contributed by atoms with Crippen molar-refractivity contribution in [3.63, 3.8) is 0 Å². The van der Waals surface area contributed by atoms with E-state index in [1.807, 2.05) is 67.6 Å². The van der Waals surface area contributed by atoms with E-state index in [0.717, 1.165) is 33.7 Å². The zero-order valence-corrected chi connectivity index (χ0v) is 18.2. The maximum Gasteiger partial charge on any atom is 0.251 e. The summed E-state index contributed by atoms with van der Waals surface area (Å²) in [6, 6.07) is 21.7. The number of imidazole rings is 1. The number of para-hydroxylation sites is 2. The van der Waals surface area contributed by atoms with Gasteiger partial charge in [0.15, 0.2) is 0 Å². The molecule has 0 atom stereocenters. The van der Waals surface area contributed by atoms with E-state index in [4.69, 9.17) is 9.72 Å². The van der Waals surface area contributed by atoms with Crippen LogP contribution in [0.5, 0.6) is 5.75 Å². The quantitative estimate of drug-likeness (QED) is 0.465. The van der Waals surface area contributed by atoms with Gasteiger partial charge in [-0.1, -0.05) is 42.0 Å². The molecule has 1 amide bonds. The zero-order valence-electron chi connectivity index (χ0n) is 18.2. The number of hydrogen-bond acceptors (Lipinski definition) is 3. The van der Waals surface area contributed by atoms with Crippen LogP contribution in [0.2, 0.25) is 0 Å². The molecule has 1 aromatic heterocycles. The molecule has 0 unspecified atom stereocenters. The number of ether oxygens (including phenoxy) is 1. The number of aryl methyl sites for hydroxylation is 2. The molecule has 3 aromatic carbocycles. The number of nitrogens with one attached hydrogen (secondary N) is 1. The summed E-state index contributed by atoms with van der Waals surface area (Å²) in [7, 11) is 0. The average molecular weight is 414 g/mol. The predicted octanol–water partition coefficient (Wildman–Crippen LogP) is 4.97. The van der Waals surface area contributed by atoms with Gasteiger partial charge in [0.05, 0.1) is 24.1 Å². The maximum atomic E-state index is 12.6. The molecular formula is C26H27N3O2. The average Bonchev–Trinajstić information content (AvgIpc) is 3.13. The molecule has 1 heterocycles. The molecule has 0 spiro atoms. The van der Waals surface area contributed by atoms with E-state index in [1.54, 1.807) is 0 Å². The Labute approximate surface area is 182 Å². The first-order chi connectivity index (χ1) is 15.0. The number of nitrogens with zero attached hydrogens (tertiary/aromatic N) is 2. The molecule has 0 aliphatic heterocycles. The van der Waals surface area contributed by atoms with Crippen LogP contribution >= 0.6 is 0 Å². The normalized spacial score (nSPS) is 10.9. The van der Waals surface area contributed by atoms with Gasteiger partial charge in [-0.2, -0.15) is 0 Å². The molecule has 0 aliphatic rings. The highest BCUT2D eigenvalue weighted by atomic mass is 16.5. The van der Waals surface area contributed by atoms with Gasteiger partial charge in [-0.3, -0.25) is 4.79 Å². The number of fused-ring (bicyclic) bond motifs is 1. The van der Waals surface area contributed by atoms with Crippen LogP contribution in [0, 0.1) is 20.8 Å². The van der Waals surface area contributed by atoms with Crippen molar-refractivity contribution in [3.8, 4) is 5.75 Å². The molecule has 0 bridgehead atoms. The van der Waals surface area contributed by atoms with Crippen molar-refractivity contribution >= 4 is 16.9 Å². The lowest BCUT2D eigenvalue weighted by atomic mass is 10.1. The van der Waals surface area contributed by atoms with Gasteiger partial charge in [0.2, 0.25) is 0 Å². The van der Waals surface area contributed by atoms with Crippen LogP contribution < -0.4 is 10.1 Å². The van der Waals surface area contributed by atoms with Crippen molar-refractivity contribution in [2.45, 2.75) is 33.9 Å². The van der Waals surface area contributed by atoms with Gasteiger partial charge < -0.3 is 14.6 Å². The van der Waals surface area contributed by atoms with Gasteiger partial charge in [-0.15, -0.1) is 0 Å². The van der Waals surface area contributed by atoms with Crippen LogP contribution in [0.4, 0.5) is 0 Å². The van der Waals surface area contributed by atoms with Crippen LogP contribution in [0.3, 0.4) is 0 Å². The first-order valence-electron chi connectivity index (χ1n) is 10.5. The van der Waals surface area contributed by atoms with Crippen LogP contribution in [0.15, 0.2) is 66.7 Å². The molecule has 0 aliphatic carbocycles. The molecular weight excluding hydrogens is 386 g/mol. The van der Waals surface area contributed by atoms with E-state index < -0.39 is 0 Å². The van der Waals surface area contributed by atoms with Gasteiger partial charge in [0.1, 0.15) is 18.2 Å². The fraction of sp³-hybridized carbons (Fsp3) is 0.231. The van der Waals surface area contributed by atoms with E-state index >= 15 is 0 Å². The molecule has 0 fully saturated rings. The Morgan fingerprint density at radius 3 is 2.55 bits per heavy atom. The SMILES string of the molecule is Cc1ccc(C(=O)NCc2nc3ccccc3n2CCOc2cccc(C)c2C)cc1. The number of aromatic nitrogens is 2. The first kappa shape index (κ1) is 20.7. The Kier molecular flexibility index (Phi) is 6.03. The van der Waals surface area contributed by atoms with Crippen LogP contribution in [0.1, 0.15) is 32.9 Å². The summed E-state index contributed by atoms with van der Waals surface area (Å²) < 4.78 is 8.19. The highest BCUT2D eigenvalue weighted by Gasteiger charge is 2.13. The number of hydrogen-bond donors (Lipinski definition) is 1. The molecule has 5 heteroatoms. The monoisotopic (exact) mass is 413 g/mol. The largest absolute Gasteiger partial charge is 0.491 e. The van der Waals surface area contributed by atoms with Crippen molar-refractivity contribution in [1.29, 1.82) is 0 Å². The smallest absolute Gasteiger partial charge is 0.251 e. The van der Waals surface area contributed by atoms with Gasteiger partial charge in [-0.05, 0) is 62.2 Å². The van der Waals surface area contributed by atoms with E-state index in [0.29, 0.717) is 25.3 Å². The summed E-state index contributed by atoms with van der Waals surface area (Å²) in [5, 5.41) is 3.00.